The highest BCUT2D eigenvalue weighted by molar-refractivity contribution is 5.93. The van der Waals surface area contributed by atoms with Crippen molar-refractivity contribution in [1.29, 1.82) is 0 Å². The van der Waals surface area contributed by atoms with Crippen LogP contribution in [0.2, 0.25) is 0 Å². The predicted octanol–water partition coefficient (Wildman–Crippen LogP) is 3.91. The first-order chi connectivity index (χ1) is 15.6. The number of fused-ring (bicyclic) bond motifs is 1. The third-order valence-corrected chi connectivity index (χ3v) is 6.01. The Morgan fingerprint density at radius 2 is 1.78 bits per heavy atom. The average molecular weight is 429 g/mol. The van der Waals surface area contributed by atoms with E-state index in [0.29, 0.717) is 5.82 Å². The van der Waals surface area contributed by atoms with E-state index >= 15 is 0 Å². The minimum Gasteiger partial charge on any atom is -0.393 e. The summed E-state index contributed by atoms with van der Waals surface area (Å²) in [5.74, 6) is 1.46. The number of aromatic nitrogens is 2. The number of aliphatic hydroxyl groups excluding tert-OH is 1. The van der Waals surface area contributed by atoms with Crippen molar-refractivity contribution in [2.24, 2.45) is 0 Å². The van der Waals surface area contributed by atoms with Crippen LogP contribution in [0.4, 0.5) is 11.5 Å². The molecule has 7 heteroatoms. The normalized spacial score (nSPS) is 17.1. The molecule has 3 heterocycles. The molecule has 0 bridgehead atoms. The number of allylic oxidation sites excluding steroid dienone is 3. The zero-order chi connectivity index (χ0) is 22.1. The van der Waals surface area contributed by atoms with Gasteiger partial charge < -0.3 is 26.2 Å². The second-order valence-corrected chi connectivity index (χ2v) is 8.42. The van der Waals surface area contributed by atoms with Crippen LogP contribution in [-0.4, -0.2) is 34.3 Å². The van der Waals surface area contributed by atoms with E-state index < -0.39 is 0 Å². The van der Waals surface area contributed by atoms with Gasteiger partial charge in [0, 0.05) is 35.4 Å². The molecule has 0 atom stereocenters. The minimum absolute atomic E-state index is 0.193. The van der Waals surface area contributed by atoms with Gasteiger partial charge in [0.05, 0.1) is 23.0 Å². The molecule has 1 saturated heterocycles. The first-order valence-electron chi connectivity index (χ1n) is 11.1. The molecule has 32 heavy (non-hydrogen) atoms. The number of hydrogen-bond acceptors (Lipinski definition) is 7. The van der Waals surface area contributed by atoms with Gasteiger partial charge in [-0.3, -0.25) is 0 Å². The first-order valence-corrected chi connectivity index (χ1v) is 11.1. The van der Waals surface area contributed by atoms with Crippen LogP contribution in [0.3, 0.4) is 0 Å². The molecular weight excluding hydrogens is 400 g/mol. The molecule has 0 unspecified atom stereocenters. The third-order valence-electron chi connectivity index (χ3n) is 6.01. The molecule has 4 N–H and O–H groups in total. The minimum atomic E-state index is -0.193. The molecular formula is C25H28N6O. The van der Waals surface area contributed by atoms with Gasteiger partial charge in [-0.25, -0.2) is 9.97 Å². The lowest BCUT2D eigenvalue weighted by Crippen LogP contribution is -2.35. The molecule has 0 saturated carbocycles. The summed E-state index contributed by atoms with van der Waals surface area (Å²) in [4.78, 5) is 12.1. The van der Waals surface area contributed by atoms with Crippen molar-refractivity contribution in [3.63, 3.8) is 0 Å². The lowest BCUT2D eigenvalue weighted by Gasteiger charge is -2.31. The van der Waals surface area contributed by atoms with E-state index in [1.807, 2.05) is 44.2 Å². The highest BCUT2D eigenvalue weighted by Gasteiger charge is 2.19. The lowest BCUT2D eigenvalue weighted by molar-refractivity contribution is 0.145. The molecule has 0 spiro atoms. The fourth-order valence-electron chi connectivity index (χ4n) is 4.13. The van der Waals surface area contributed by atoms with Crippen molar-refractivity contribution in [1.82, 2.24) is 20.8 Å². The van der Waals surface area contributed by atoms with Crippen LogP contribution in [0.25, 0.3) is 22.3 Å². The van der Waals surface area contributed by atoms with Gasteiger partial charge in [-0.2, -0.15) is 0 Å². The highest BCUT2D eigenvalue weighted by Crippen LogP contribution is 2.31. The second-order valence-electron chi connectivity index (χ2n) is 8.42. The molecule has 2 aromatic carbocycles. The largest absolute Gasteiger partial charge is 0.393 e. The fourth-order valence-corrected chi connectivity index (χ4v) is 4.13. The molecule has 0 radical (unpaired) electrons. The Morgan fingerprint density at radius 1 is 1.00 bits per heavy atom. The number of nitrogens with zero attached hydrogens (tertiary/aromatic N) is 3. The third kappa shape index (κ3) is 4.11. The number of nitrogens with one attached hydrogen (secondary N) is 3. The predicted molar refractivity (Wildman–Crippen MR) is 129 cm³/mol. The summed E-state index contributed by atoms with van der Waals surface area (Å²) >= 11 is 0. The number of hydrazine groups is 1. The van der Waals surface area contributed by atoms with Gasteiger partial charge in [0.2, 0.25) is 0 Å². The van der Waals surface area contributed by atoms with Crippen molar-refractivity contribution in [3.8, 4) is 11.4 Å². The summed E-state index contributed by atoms with van der Waals surface area (Å²) in [6.07, 6.45) is 3.46. The Morgan fingerprint density at radius 3 is 2.56 bits per heavy atom. The van der Waals surface area contributed by atoms with E-state index in [-0.39, 0.29) is 6.10 Å². The summed E-state index contributed by atoms with van der Waals surface area (Å²) in [7, 11) is 0. The van der Waals surface area contributed by atoms with Crippen molar-refractivity contribution < 1.29 is 5.11 Å². The highest BCUT2D eigenvalue weighted by atomic mass is 16.3. The van der Waals surface area contributed by atoms with Crippen molar-refractivity contribution in [2.45, 2.75) is 32.8 Å². The summed E-state index contributed by atoms with van der Waals surface area (Å²) < 4.78 is 0. The van der Waals surface area contributed by atoms with E-state index in [9.17, 15) is 5.11 Å². The smallest absolute Gasteiger partial charge is 0.162 e. The lowest BCUT2D eigenvalue weighted by atomic mass is 10.1. The summed E-state index contributed by atoms with van der Waals surface area (Å²) in [6, 6.07) is 16.4. The fraction of sp³-hybridized carbons (Fsp3) is 0.280. The number of aliphatic hydroxyl groups is 1. The van der Waals surface area contributed by atoms with Crippen molar-refractivity contribution in [3.05, 3.63) is 71.7 Å². The standard InChI is InChI=1S/C25H28N6O/c1-16-14-22(17(2)30-29-16)26-25-21-9-8-19(31-12-10-20(32)11-13-31)15-23(21)27-24(28-25)18-6-4-3-5-7-18/h3-9,14-15,20,29-30,32H,10-13H2,1-2H3,(H,26,27,28). The molecule has 0 aliphatic carbocycles. The van der Waals surface area contributed by atoms with Crippen molar-refractivity contribution in [2.75, 3.05) is 23.3 Å². The molecule has 164 valence electrons. The Kier molecular flexibility index (Phi) is 5.41. The van der Waals surface area contributed by atoms with E-state index in [4.69, 9.17) is 9.97 Å². The second kappa shape index (κ2) is 8.51. The molecule has 1 fully saturated rings. The Hall–Kier alpha value is -3.58. The molecule has 3 aromatic rings. The summed E-state index contributed by atoms with van der Waals surface area (Å²) in [5, 5.41) is 14.4. The van der Waals surface area contributed by atoms with Gasteiger partial charge in [0.1, 0.15) is 5.82 Å². The number of piperidine rings is 1. The molecule has 0 amide bonds. The van der Waals surface area contributed by atoms with Crippen LogP contribution >= 0.6 is 0 Å². The van der Waals surface area contributed by atoms with Crippen molar-refractivity contribution >= 4 is 22.4 Å². The maximum atomic E-state index is 9.87. The van der Waals surface area contributed by atoms with Crippen LogP contribution in [0.1, 0.15) is 26.7 Å². The topological polar surface area (TPSA) is 85.3 Å². The number of anilines is 2. The van der Waals surface area contributed by atoms with Crippen LogP contribution in [0.5, 0.6) is 0 Å². The SMILES string of the molecule is CC1=CC(Nc2nc(-c3ccccc3)nc3cc(N4CCC(O)CC4)ccc23)=C(C)NN1. The maximum absolute atomic E-state index is 9.87. The molecule has 5 rings (SSSR count). The van der Waals surface area contributed by atoms with E-state index in [2.05, 4.69) is 45.3 Å². The number of benzene rings is 2. The Bertz CT molecular complexity index is 1200. The zero-order valence-corrected chi connectivity index (χ0v) is 18.4. The van der Waals surface area contributed by atoms with E-state index in [1.54, 1.807) is 0 Å². The first kappa shape index (κ1) is 20.3. The molecule has 2 aliphatic rings. The average Bonchev–Trinajstić information content (AvgIpc) is 2.82. The Labute approximate surface area is 187 Å². The maximum Gasteiger partial charge on any atom is 0.162 e. The van der Waals surface area contributed by atoms with Gasteiger partial charge >= 0.3 is 0 Å². The van der Waals surface area contributed by atoms with Gasteiger partial charge in [-0.1, -0.05) is 30.3 Å². The molecule has 1 aromatic heterocycles. The Balaban J connectivity index is 1.59. The zero-order valence-electron chi connectivity index (χ0n) is 18.4. The van der Waals surface area contributed by atoms with Crippen LogP contribution < -0.4 is 21.1 Å². The summed E-state index contributed by atoms with van der Waals surface area (Å²) in [6.45, 7) is 5.73. The van der Waals surface area contributed by atoms with Crippen LogP contribution in [0.15, 0.2) is 71.7 Å². The van der Waals surface area contributed by atoms with Gasteiger partial charge in [0.15, 0.2) is 5.82 Å². The molecule has 7 nitrogen and oxygen atoms in total. The van der Waals surface area contributed by atoms with Crippen LogP contribution in [0, 0.1) is 0 Å². The number of hydrogen-bond donors (Lipinski definition) is 4. The van der Waals surface area contributed by atoms with E-state index in [0.717, 1.165) is 71.0 Å². The van der Waals surface area contributed by atoms with E-state index in [1.165, 1.54) is 0 Å². The van der Waals surface area contributed by atoms with Gasteiger partial charge in [-0.15, -0.1) is 0 Å². The van der Waals surface area contributed by atoms with Gasteiger partial charge in [0.25, 0.3) is 0 Å². The molecule has 2 aliphatic heterocycles. The number of rotatable bonds is 4. The van der Waals surface area contributed by atoms with Gasteiger partial charge in [-0.05, 0) is 51.0 Å². The summed E-state index contributed by atoms with van der Waals surface area (Å²) in [5.41, 5.74) is 12.3. The monoisotopic (exact) mass is 428 g/mol. The quantitative estimate of drug-likeness (QED) is 0.501. The van der Waals surface area contributed by atoms with Crippen LogP contribution in [-0.2, 0) is 0 Å².